The monoisotopic (exact) mass is 429 g/mol. The number of amides is 1. The summed E-state index contributed by atoms with van der Waals surface area (Å²) in [7, 11) is -2.01. The third-order valence-electron chi connectivity index (χ3n) is 5.75. The Morgan fingerprint density at radius 3 is 2.47 bits per heavy atom. The number of anilines is 2. The number of carbonyl (C=O) groups excluding carboxylic acids is 1. The normalized spacial score (nSPS) is 18.0. The second-order valence-corrected chi connectivity index (χ2v) is 10.2. The zero-order valence-electron chi connectivity index (χ0n) is 18.1. The van der Waals surface area contributed by atoms with Crippen LogP contribution in [0.25, 0.3) is 0 Å². The van der Waals surface area contributed by atoms with Crippen LogP contribution in [0.3, 0.4) is 0 Å². The molecule has 0 saturated carbocycles. The quantitative estimate of drug-likeness (QED) is 0.758. The first-order chi connectivity index (χ1) is 14.2. The highest BCUT2D eigenvalue weighted by molar-refractivity contribution is 7.92. The molecule has 162 valence electrons. The Kier molecular flexibility index (Phi) is 6.71. The van der Waals surface area contributed by atoms with E-state index in [1.54, 1.807) is 24.3 Å². The Bertz CT molecular complexity index is 989. The molecule has 0 aromatic heterocycles. The van der Waals surface area contributed by atoms with Gasteiger partial charge < -0.3 is 10.2 Å². The van der Waals surface area contributed by atoms with E-state index in [4.69, 9.17) is 0 Å². The molecule has 0 aliphatic carbocycles. The number of piperidine rings is 1. The predicted molar refractivity (Wildman–Crippen MR) is 123 cm³/mol. The minimum atomic E-state index is -3.46. The first-order valence-corrected chi connectivity index (χ1v) is 12.2. The summed E-state index contributed by atoms with van der Waals surface area (Å²) in [6, 6.07) is 14.8. The number of hydrogen-bond acceptors (Lipinski definition) is 4. The summed E-state index contributed by atoms with van der Waals surface area (Å²) in [6.07, 6.45) is 3.62. The maximum Gasteiger partial charge on any atom is 0.253 e. The summed E-state index contributed by atoms with van der Waals surface area (Å²) in [5.41, 5.74) is 2.91. The van der Waals surface area contributed by atoms with E-state index >= 15 is 0 Å². The molecule has 1 fully saturated rings. The molecule has 2 aromatic rings. The molecule has 0 bridgehead atoms. The predicted octanol–water partition coefficient (Wildman–Crippen LogP) is 3.81. The fourth-order valence-corrected chi connectivity index (χ4v) is 4.39. The number of hydrogen-bond donors (Lipinski definition) is 1. The molecule has 0 spiro atoms. The molecule has 1 N–H and O–H groups in total. The number of para-hydroxylation sites is 1. The molecule has 0 unspecified atom stereocenters. The number of nitrogens with zero attached hydrogens (tertiary/aromatic N) is 2. The summed E-state index contributed by atoms with van der Waals surface area (Å²) in [5.74, 6) is 0.407. The van der Waals surface area contributed by atoms with Gasteiger partial charge in [0.05, 0.1) is 23.5 Å². The molecule has 6 nitrogen and oxygen atoms in total. The van der Waals surface area contributed by atoms with E-state index in [-0.39, 0.29) is 11.9 Å². The lowest BCUT2D eigenvalue weighted by molar-refractivity contribution is 0.0940. The smallest absolute Gasteiger partial charge is 0.253 e. The molecular weight excluding hydrogens is 398 g/mol. The van der Waals surface area contributed by atoms with Gasteiger partial charge in [0.15, 0.2) is 0 Å². The second-order valence-electron chi connectivity index (χ2n) is 8.23. The number of carbonyl (C=O) groups is 1. The van der Waals surface area contributed by atoms with E-state index < -0.39 is 10.0 Å². The van der Waals surface area contributed by atoms with Gasteiger partial charge in [0.2, 0.25) is 10.0 Å². The fourth-order valence-electron chi connectivity index (χ4n) is 3.87. The van der Waals surface area contributed by atoms with E-state index in [9.17, 15) is 13.2 Å². The topological polar surface area (TPSA) is 69.7 Å². The summed E-state index contributed by atoms with van der Waals surface area (Å²) in [4.78, 5) is 15.3. The van der Waals surface area contributed by atoms with Gasteiger partial charge in [-0.25, -0.2) is 8.42 Å². The van der Waals surface area contributed by atoms with Crippen molar-refractivity contribution >= 4 is 27.3 Å². The molecular formula is C23H31N3O3S. The maximum absolute atomic E-state index is 12.9. The van der Waals surface area contributed by atoms with Gasteiger partial charge in [-0.3, -0.25) is 9.10 Å². The van der Waals surface area contributed by atoms with Gasteiger partial charge in [-0.2, -0.15) is 0 Å². The van der Waals surface area contributed by atoms with Crippen molar-refractivity contribution in [1.82, 2.24) is 5.32 Å². The van der Waals surface area contributed by atoms with Crippen molar-refractivity contribution in [2.45, 2.75) is 32.7 Å². The van der Waals surface area contributed by atoms with Gasteiger partial charge in [0.25, 0.3) is 5.91 Å². The lowest BCUT2D eigenvalue weighted by atomic mass is 9.99. The molecule has 1 amide bonds. The van der Waals surface area contributed by atoms with Gasteiger partial charge in [-0.05, 0) is 55.5 Å². The zero-order chi connectivity index (χ0) is 21.9. The summed E-state index contributed by atoms with van der Waals surface area (Å²) in [5, 5.41) is 2.99. The maximum atomic E-state index is 12.9. The van der Waals surface area contributed by atoms with Crippen LogP contribution in [0.5, 0.6) is 0 Å². The number of nitrogens with one attached hydrogen (secondary N) is 1. The molecule has 1 heterocycles. The highest BCUT2D eigenvalue weighted by Gasteiger charge is 2.21. The highest BCUT2D eigenvalue weighted by Crippen LogP contribution is 2.26. The van der Waals surface area contributed by atoms with Crippen LogP contribution in [0.15, 0.2) is 48.5 Å². The zero-order valence-corrected chi connectivity index (χ0v) is 18.9. The van der Waals surface area contributed by atoms with Crippen LogP contribution in [-0.4, -0.2) is 40.7 Å². The van der Waals surface area contributed by atoms with Crippen molar-refractivity contribution in [2.75, 3.05) is 35.6 Å². The molecule has 2 atom stereocenters. The Morgan fingerprint density at radius 2 is 1.83 bits per heavy atom. The largest absolute Gasteiger partial charge is 0.371 e. The molecule has 3 rings (SSSR count). The van der Waals surface area contributed by atoms with Crippen molar-refractivity contribution in [1.29, 1.82) is 0 Å². The number of rotatable bonds is 6. The second kappa shape index (κ2) is 9.08. The number of sulfonamides is 1. The molecule has 7 heteroatoms. The van der Waals surface area contributed by atoms with Crippen LogP contribution < -0.4 is 14.5 Å². The summed E-state index contributed by atoms with van der Waals surface area (Å²) < 4.78 is 25.0. The van der Waals surface area contributed by atoms with E-state index in [1.807, 2.05) is 19.1 Å². The van der Waals surface area contributed by atoms with Crippen molar-refractivity contribution in [2.24, 2.45) is 5.92 Å². The standard InChI is InChI=1S/C23H31N3O3S/c1-17-8-7-15-26(16-17)20-13-11-19(12-14-20)18(2)24-23(27)21-9-5-6-10-22(21)25(3)30(4,28)29/h5-6,9-14,17-18H,7-8,15-16H2,1-4H3,(H,24,27)/t17-,18-/m1/s1. The van der Waals surface area contributed by atoms with Gasteiger partial charge in [0, 0.05) is 25.8 Å². The first kappa shape index (κ1) is 22.2. The van der Waals surface area contributed by atoms with Crippen LogP contribution in [0, 0.1) is 5.92 Å². The van der Waals surface area contributed by atoms with Gasteiger partial charge in [-0.1, -0.05) is 31.2 Å². The first-order valence-electron chi connectivity index (χ1n) is 10.4. The van der Waals surface area contributed by atoms with Crippen LogP contribution in [-0.2, 0) is 10.0 Å². The van der Waals surface area contributed by atoms with Crippen molar-refractivity contribution in [3.8, 4) is 0 Å². The highest BCUT2D eigenvalue weighted by atomic mass is 32.2. The molecule has 0 radical (unpaired) electrons. The van der Waals surface area contributed by atoms with Crippen LogP contribution in [0.2, 0.25) is 0 Å². The van der Waals surface area contributed by atoms with Crippen molar-refractivity contribution in [3.63, 3.8) is 0 Å². The van der Waals surface area contributed by atoms with Gasteiger partial charge >= 0.3 is 0 Å². The molecule has 2 aromatic carbocycles. The van der Waals surface area contributed by atoms with E-state index in [0.29, 0.717) is 17.2 Å². The average Bonchev–Trinajstić information content (AvgIpc) is 2.72. The van der Waals surface area contributed by atoms with Gasteiger partial charge in [-0.15, -0.1) is 0 Å². The minimum absolute atomic E-state index is 0.205. The Balaban J connectivity index is 1.72. The van der Waals surface area contributed by atoms with E-state index in [1.165, 1.54) is 25.6 Å². The Labute approximate surface area is 179 Å². The molecule has 1 saturated heterocycles. The molecule has 30 heavy (non-hydrogen) atoms. The molecule has 1 aliphatic heterocycles. The lowest BCUT2D eigenvalue weighted by Gasteiger charge is -2.33. The van der Waals surface area contributed by atoms with Crippen molar-refractivity contribution < 1.29 is 13.2 Å². The van der Waals surface area contributed by atoms with Gasteiger partial charge in [0.1, 0.15) is 0 Å². The fraction of sp³-hybridized carbons (Fsp3) is 0.435. The minimum Gasteiger partial charge on any atom is -0.371 e. The Morgan fingerprint density at radius 1 is 1.17 bits per heavy atom. The Hall–Kier alpha value is -2.54. The van der Waals surface area contributed by atoms with Crippen LogP contribution >= 0.6 is 0 Å². The van der Waals surface area contributed by atoms with E-state index in [0.717, 1.165) is 29.2 Å². The van der Waals surface area contributed by atoms with E-state index in [2.05, 4.69) is 29.3 Å². The SMILES string of the molecule is C[C@@H]1CCCN(c2ccc([C@@H](C)NC(=O)c3ccccc3N(C)S(C)(=O)=O)cc2)C1. The van der Waals surface area contributed by atoms with Crippen LogP contribution in [0.4, 0.5) is 11.4 Å². The summed E-state index contributed by atoms with van der Waals surface area (Å²) >= 11 is 0. The van der Waals surface area contributed by atoms with Crippen molar-refractivity contribution in [3.05, 3.63) is 59.7 Å². The lowest BCUT2D eigenvalue weighted by Crippen LogP contribution is -2.34. The average molecular weight is 430 g/mol. The van der Waals surface area contributed by atoms with Crippen LogP contribution in [0.1, 0.15) is 48.7 Å². The molecule has 1 aliphatic rings. The third kappa shape index (κ3) is 5.14. The number of benzene rings is 2. The third-order valence-corrected chi connectivity index (χ3v) is 6.94. The summed E-state index contributed by atoms with van der Waals surface area (Å²) in [6.45, 7) is 6.38.